The zero-order chi connectivity index (χ0) is 13.3. The first-order chi connectivity index (χ1) is 8.50. The van der Waals surface area contributed by atoms with Gasteiger partial charge in [0.1, 0.15) is 0 Å². The van der Waals surface area contributed by atoms with Crippen LogP contribution in [-0.2, 0) is 0 Å². The molecule has 2 aromatic rings. The van der Waals surface area contributed by atoms with Gasteiger partial charge < -0.3 is 5.11 Å². The first kappa shape index (κ1) is 12.8. The minimum absolute atomic E-state index is 0.229. The molecule has 0 amide bonds. The second kappa shape index (κ2) is 4.94. The van der Waals surface area contributed by atoms with Crippen molar-refractivity contribution in [2.45, 2.75) is 19.9 Å². The number of hydrogen-bond acceptors (Lipinski definition) is 2. The molecule has 1 heterocycles. The molecule has 0 unspecified atom stereocenters. The van der Waals surface area contributed by atoms with Crippen LogP contribution in [0.2, 0.25) is 0 Å². The van der Waals surface area contributed by atoms with Gasteiger partial charge >= 0.3 is 5.97 Å². The molecule has 18 heavy (non-hydrogen) atoms. The minimum atomic E-state index is -0.945. The Bertz CT molecular complexity index is 590. The smallest absolute Gasteiger partial charge is 0.336 e. The molecule has 94 valence electrons. The Balaban J connectivity index is 2.54. The summed E-state index contributed by atoms with van der Waals surface area (Å²) >= 11 is 3.24. The van der Waals surface area contributed by atoms with E-state index in [1.165, 1.54) is 0 Å². The number of halogens is 1. The van der Waals surface area contributed by atoms with E-state index in [4.69, 9.17) is 5.11 Å². The van der Waals surface area contributed by atoms with Gasteiger partial charge in [-0.25, -0.2) is 4.79 Å². The van der Waals surface area contributed by atoms with Crippen molar-refractivity contribution in [1.29, 1.82) is 0 Å². The number of rotatable bonds is 3. The molecule has 1 N–H and O–H groups in total. The maximum atomic E-state index is 11.1. The van der Waals surface area contributed by atoms with Crippen LogP contribution in [0, 0.1) is 0 Å². The van der Waals surface area contributed by atoms with Crippen LogP contribution >= 0.6 is 15.9 Å². The zero-order valence-electron chi connectivity index (χ0n) is 10.1. The third kappa shape index (κ3) is 2.31. The lowest BCUT2D eigenvalue weighted by molar-refractivity contribution is 0.0696. The molecule has 0 fully saturated rings. The third-order valence-corrected chi connectivity index (χ3v) is 3.34. The molecule has 0 aliphatic carbocycles. The summed E-state index contributed by atoms with van der Waals surface area (Å²) in [6.07, 6.45) is 1.72. The highest BCUT2D eigenvalue weighted by Gasteiger charge is 2.13. The van der Waals surface area contributed by atoms with Crippen LogP contribution in [0.5, 0.6) is 0 Å². The fraction of sp³-hybridized carbons (Fsp3) is 0.231. The van der Waals surface area contributed by atoms with Gasteiger partial charge in [-0.2, -0.15) is 5.10 Å². The second-order valence-electron chi connectivity index (χ2n) is 4.25. The van der Waals surface area contributed by atoms with Crippen LogP contribution in [0.4, 0.5) is 0 Å². The van der Waals surface area contributed by atoms with Gasteiger partial charge in [0.25, 0.3) is 0 Å². The molecule has 0 saturated heterocycles. The van der Waals surface area contributed by atoms with Crippen molar-refractivity contribution in [3.63, 3.8) is 0 Å². The van der Waals surface area contributed by atoms with Crippen LogP contribution in [0.25, 0.3) is 11.3 Å². The fourth-order valence-corrected chi connectivity index (χ4v) is 2.22. The highest BCUT2D eigenvalue weighted by atomic mass is 79.9. The van der Waals surface area contributed by atoms with Crippen molar-refractivity contribution < 1.29 is 9.90 Å². The largest absolute Gasteiger partial charge is 0.478 e. The topological polar surface area (TPSA) is 55.1 Å². The minimum Gasteiger partial charge on any atom is -0.478 e. The van der Waals surface area contributed by atoms with E-state index in [1.54, 1.807) is 18.3 Å². The monoisotopic (exact) mass is 308 g/mol. The summed E-state index contributed by atoms with van der Waals surface area (Å²) < 4.78 is 2.45. The molecule has 5 heteroatoms. The predicted molar refractivity (Wildman–Crippen MR) is 72.7 cm³/mol. The average Bonchev–Trinajstić information content (AvgIpc) is 2.78. The standard InChI is InChI=1S/C13H13BrN2O2/c1-8(2)16-12(5-6-15-16)9-3-4-11(14)10(7-9)13(17)18/h3-8H,1-2H3,(H,17,18). The SMILES string of the molecule is CC(C)n1nccc1-c1ccc(Br)c(C(=O)O)c1. The number of aromatic nitrogens is 2. The summed E-state index contributed by atoms with van der Waals surface area (Å²) in [6, 6.07) is 7.40. The average molecular weight is 309 g/mol. The summed E-state index contributed by atoms with van der Waals surface area (Å²) in [5, 5.41) is 13.4. The number of carboxylic acid groups (broad SMARTS) is 1. The van der Waals surface area contributed by atoms with Crippen LogP contribution in [0.1, 0.15) is 30.2 Å². The van der Waals surface area contributed by atoms with E-state index in [2.05, 4.69) is 21.0 Å². The molecule has 1 aromatic heterocycles. The van der Waals surface area contributed by atoms with E-state index < -0.39 is 5.97 Å². The summed E-state index contributed by atoms with van der Waals surface area (Å²) in [4.78, 5) is 11.1. The van der Waals surface area contributed by atoms with E-state index in [0.29, 0.717) is 4.47 Å². The maximum Gasteiger partial charge on any atom is 0.336 e. The zero-order valence-corrected chi connectivity index (χ0v) is 11.7. The van der Waals surface area contributed by atoms with Gasteiger partial charge in [0.2, 0.25) is 0 Å². The Morgan fingerprint density at radius 2 is 2.11 bits per heavy atom. The van der Waals surface area contributed by atoms with Crippen LogP contribution in [0.3, 0.4) is 0 Å². The molecule has 0 bridgehead atoms. The molecular formula is C13H13BrN2O2. The maximum absolute atomic E-state index is 11.1. The number of benzene rings is 1. The van der Waals surface area contributed by atoms with Crippen molar-refractivity contribution in [3.05, 3.63) is 40.5 Å². The summed E-state index contributed by atoms with van der Waals surface area (Å²) in [5.74, 6) is -0.945. The predicted octanol–water partition coefficient (Wildman–Crippen LogP) is 3.59. The second-order valence-corrected chi connectivity index (χ2v) is 5.11. The molecule has 0 aliphatic rings. The highest BCUT2D eigenvalue weighted by molar-refractivity contribution is 9.10. The first-order valence-electron chi connectivity index (χ1n) is 5.57. The lowest BCUT2D eigenvalue weighted by Crippen LogP contribution is -2.05. The van der Waals surface area contributed by atoms with E-state index in [1.807, 2.05) is 30.7 Å². The van der Waals surface area contributed by atoms with Crippen LogP contribution < -0.4 is 0 Å². The molecular weight excluding hydrogens is 296 g/mol. The quantitative estimate of drug-likeness (QED) is 0.942. The molecule has 0 radical (unpaired) electrons. The van der Waals surface area contributed by atoms with Gasteiger partial charge in [-0.15, -0.1) is 0 Å². The van der Waals surface area contributed by atoms with Gasteiger partial charge in [-0.3, -0.25) is 4.68 Å². The molecule has 0 aliphatic heterocycles. The van der Waals surface area contributed by atoms with Crippen LogP contribution in [0.15, 0.2) is 34.9 Å². The lowest BCUT2D eigenvalue weighted by Gasteiger charge is -2.11. The molecule has 0 saturated carbocycles. The normalized spacial score (nSPS) is 10.9. The van der Waals surface area contributed by atoms with E-state index >= 15 is 0 Å². The number of carboxylic acids is 1. The number of carbonyl (C=O) groups is 1. The van der Waals surface area contributed by atoms with Crippen molar-refractivity contribution >= 4 is 21.9 Å². The summed E-state index contributed by atoms with van der Waals surface area (Å²) in [7, 11) is 0. The summed E-state index contributed by atoms with van der Waals surface area (Å²) in [6.45, 7) is 4.07. The van der Waals surface area contributed by atoms with E-state index in [0.717, 1.165) is 11.3 Å². The number of hydrogen-bond donors (Lipinski definition) is 1. The van der Waals surface area contributed by atoms with Gasteiger partial charge in [0, 0.05) is 22.3 Å². The van der Waals surface area contributed by atoms with Gasteiger partial charge in [0.15, 0.2) is 0 Å². The molecule has 2 rings (SSSR count). The van der Waals surface area contributed by atoms with Crippen molar-refractivity contribution in [3.8, 4) is 11.3 Å². The number of nitrogens with zero attached hydrogens (tertiary/aromatic N) is 2. The third-order valence-electron chi connectivity index (χ3n) is 2.65. The van der Waals surface area contributed by atoms with Gasteiger partial charge in [-0.05, 0) is 48.0 Å². The van der Waals surface area contributed by atoms with Crippen molar-refractivity contribution in [2.24, 2.45) is 0 Å². The Labute approximate surface area is 113 Å². The molecule has 0 atom stereocenters. The van der Waals surface area contributed by atoms with E-state index in [-0.39, 0.29) is 11.6 Å². The molecule has 0 spiro atoms. The van der Waals surface area contributed by atoms with E-state index in [9.17, 15) is 4.79 Å². The van der Waals surface area contributed by atoms with Crippen molar-refractivity contribution in [2.75, 3.05) is 0 Å². The number of aromatic carboxylic acids is 1. The fourth-order valence-electron chi connectivity index (χ4n) is 1.80. The van der Waals surface area contributed by atoms with Gasteiger partial charge in [-0.1, -0.05) is 6.07 Å². The summed E-state index contributed by atoms with van der Waals surface area (Å²) in [5.41, 5.74) is 2.02. The Hall–Kier alpha value is -1.62. The Morgan fingerprint density at radius 1 is 1.39 bits per heavy atom. The molecule has 4 nitrogen and oxygen atoms in total. The molecule has 1 aromatic carbocycles. The Kier molecular flexibility index (Phi) is 3.52. The first-order valence-corrected chi connectivity index (χ1v) is 6.36. The lowest BCUT2D eigenvalue weighted by atomic mass is 10.1. The Morgan fingerprint density at radius 3 is 2.72 bits per heavy atom. The van der Waals surface area contributed by atoms with Crippen LogP contribution in [-0.4, -0.2) is 20.9 Å². The van der Waals surface area contributed by atoms with Gasteiger partial charge in [0.05, 0.1) is 11.3 Å². The highest BCUT2D eigenvalue weighted by Crippen LogP contribution is 2.26. The van der Waals surface area contributed by atoms with Crippen molar-refractivity contribution in [1.82, 2.24) is 9.78 Å².